The van der Waals surface area contributed by atoms with E-state index in [1.165, 1.54) is 26.5 Å². The van der Waals surface area contributed by atoms with Gasteiger partial charge in [-0.15, -0.1) is 0 Å². The predicted molar refractivity (Wildman–Crippen MR) is 88.5 cm³/mol. The molecular weight excluding hydrogens is 334 g/mol. The number of nitrogens with zero attached hydrogens (tertiary/aromatic N) is 3. The maximum Gasteiger partial charge on any atom is 0.239 e. The zero-order valence-electron chi connectivity index (χ0n) is 13.6. The van der Waals surface area contributed by atoms with Gasteiger partial charge in [0.15, 0.2) is 0 Å². The molecular formula is C15H19N3O5S. The lowest BCUT2D eigenvalue weighted by atomic mass is 10.2. The van der Waals surface area contributed by atoms with E-state index in [9.17, 15) is 13.5 Å². The molecule has 0 fully saturated rings. The third-order valence-corrected chi connectivity index (χ3v) is 4.39. The van der Waals surface area contributed by atoms with Gasteiger partial charge in [0.2, 0.25) is 16.0 Å². The molecule has 0 amide bonds. The highest BCUT2D eigenvalue weighted by atomic mass is 32.2. The van der Waals surface area contributed by atoms with Crippen molar-refractivity contribution in [3.63, 3.8) is 0 Å². The number of methoxy groups -OCH3 is 2. The number of anilines is 1. The van der Waals surface area contributed by atoms with Crippen LogP contribution in [0.5, 0.6) is 11.5 Å². The largest absolute Gasteiger partial charge is 0.497 e. The van der Waals surface area contributed by atoms with Crippen LogP contribution in [0, 0.1) is 0 Å². The Balaban J connectivity index is 2.44. The minimum absolute atomic E-state index is 0.0121. The summed E-state index contributed by atoms with van der Waals surface area (Å²) >= 11 is 0. The van der Waals surface area contributed by atoms with Gasteiger partial charge in [0.1, 0.15) is 11.5 Å². The number of benzene rings is 1. The molecule has 1 aromatic carbocycles. The second-order valence-corrected chi connectivity index (χ2v) is 6.86. The van der Waals surface area contributed by atoms with Crippen molar-refractivity contribution >= 4 is 16.0 Å². The van der Waals surface area contributed by atoms with Crippen LogP contribution < -0.4 is 13.8 Å². The topological polar surface area (TPSA) is 102 Å². The maximum absolute atomic E-state index is 12.2. The Hall–Kier alpha value is -2.39. The summed E-state index contributed by atoms with van der Waals surface area (Å²) in [6, 6.07) is 6.60. The van der Waals surface area contributed by atoms with Crippen molar-refractivity contribution in [3.05, 3.63) is 41.7 Å². The lowest BCUT2D eigenvalue weighted by molar-refractivity contribution is 0.276. The SMILES string of the molecule is COc1ccc(CN(c2nccc(CO)n2)S(C)(=O)=O)c(OC)c1. The van der Waals surface area contributed by atoms with Crippen LogP contribution in [-0.4, -0.2) is 44.0 Å². The predicted octanol–water partition coefficient (Wildman–Crippen LogP) is 0.952. The molecule has 0 aliphatic heterocycles. The molecule has 24 heavy (non-hydrogen) atoms. The van der Waals surface area contributed by atoms with E-state index in [4.69, 9.17) is 9.47 Å². The summed E-state index contributed by atoms with van der Waals surface area (Å²) in [7, 11) is -0.617. The Morgan fingerprint density at radius 2 is 1.96 bits per heavy atom. The lowest BCUT2D eigenvalue weighted by Crippen LogP contribution is -2.31. The van der Waals surface area contributed by atoms with E-state index < -0.39 is 10.0 Å². The summed E-state index contributed by atoms with van der Waals surface area (Å²) in [5.74, 6) is 1.07. The number of hydrogen-bond acceptors (Lipinski definition) is 7. The molecule has 8 nitrogen and oxygen atoms in total. The van der Waals surface area contributed by atoms with E-state index in [0.717, 1.165) is 10.6 Å². The minimum atomic E-state index is -3.64. The van der Waals surface area contributed by atoms with E-state index in [1.807, 2.05) is 0 Å². The van der Waals surface area contributed by atoms with Gasteiger partial charge in [-0.2, -0.15) is 0 Å². The van der Waals surface area contributed by atoms with Gasteiger partial charge < -0.3 is 14.6 Å². The summed E-state index contributed by atoms with van der Waals surface area (Å²) in [5.41, 5.74) is 0.956. The normalized spacial score (nSPS) is 11.2. The number of hydrogen-bond donors (Lipinski definition) is 1. The Morgan fingerprint density at radius 1 is 1.21 bits per heavy atom. The van der Waals surface area contributed by atoms with Gasteiger partial charge in [0, 0.05) is 17.8 Å². The average Bonchev–Trinajstić information content (AvgIpc) is 2.58. The summed E-state index contributed by atoms with van der Waals surface area (Å²) in [6.07, 6.45) is 2.47. The van der Waals surface area contributed by atoms with Crippen molar-refractivity contribution in [3.8, 4) is 11.5 Å². The number of ether oxygens (including phenoxy) is 2. The highest BCUT2D eigenvalue weighted by Gasteiger charge is 2.22. The Labute approximate surface area is 140 Å². The summed E-state index contributed by atoms with van der Waals surface area (Å²) in [6.45, 7) is -0.320. The van der Waals surface area contributed by atoms with Crippen LogP contribution in [0.15, 0.2) is 30.5 Å². The first kappa shape index (κ1) is 18.0. The number of aromatic nitrogens is 2. The molecule has 130 valence electrons. The van der Waals surface area contributed by atoms with E-state index in [2.05, 4.69) is 9.97 Å². The van der Waals surface area contributed by atoms with Gasteiger partial charge in [0.05, 0.1) is 39.3 Å². The Bertz CT molecular complexity index is 811. The fraction of sp³-hybridized carbons (Fsp3) is 0.333. The number of aliphatic hydroxyl groups is 1. The van der Waals surface area contributed by atoms with Gasteiger partial charge >= 0.3 is 0 Å². The smallest absolute Gasteiger partial charge is 0.239 e. The second kappa shape index (κ2) is 7.45. The molecule has 9 heteroatoms. The van der Waals surface area contributed by atoms with Gasteiger partial charge in [-0.3, -0.25) is 0 Å². The van der Waals surface area contributed by atoms with Crippen LogP contribution in [0.4, 0.5) is 5.95 Å². The highest BCUT2D eigenvalue weighted by Crippen LogP contribution is 2.27. The monoisotopic (exact) mass is 353 g/mol. The molecule has 0 radical (unpaired) electrons. The molecule has 2 aromatic rings. The van der Waals surface area contributed by atoms with Gasteiger partial charge in [-0.1, -0.05) is 0 Å². The summed E-state index contributed by atoms with van der Waals surface area (Å²) in [5, 5.41) is 9.18. The molecule has 2 rings (SSSR count). The zero-order valence-corrected chi connectivity index (χ0v) is 14.4. The van der Waals surface area contributed by atoms with Crippen LogP contribution in [0.1, 0.15) is 11.3 Å². The average molecular weight is 353 g/mol. The van der Waals surface area contributed by atoms with Gasteiger partial charge in [-0.05, 0) is 18.2 Å². The summed E-state index contributed by atoms with van der Waals surface area (Å²) < 4.78 is 35.8. The Morgan fingerprint density at radius 3 is 2.54 bits per heavy atom. The van der Waals surface area contributed by atoms with Gasteiger partial charge in [0.25, 0.3) is 0 Å². The first-order valence-electron chi connectivity index (χ1n) is 7.00. The molecule has 1 heterocycles. The van der Waals surface area contributed by atoms with Gasteiger partial charge in [-0.25, -0.2) is 22.7 Å². The van der Waals surface area contributed by atoms with Crippen LogP contribution in [-0.2, 0) is 23.2 Å². The standard InChI is InChI=1S/C15H19N3O5S/c1-22-13-5-4-11(14(8-13)23-2)9-18(24(3,20)21)15-16-7-6-12(10-19)17-15/h4-8,19H,9-10H2,1-3H3. The van der Waals surface area contributed by atoms with Crippen molar-refractivity contribution in [2.45, 2.75) is 13.2 Å². The molecule has 1 N–H and O–H groups in total. The number of aliphatic hydroxyl groups excluding tert-OH is 1. The second-order valence-electron chi connectivity index (χ2n) is 4.95. The van der Waals surface area contributed by atoms with Crippen LogP contribution >= 0.6 is 0 Å². The molecule has 0 atom stereocenters. The van der Waals surface area contributed by atoms with Crippen molar-refractivity contribution in [2.75, 3.05) is 24.8 Å². The molecule has 0 spiro atoms. The van der Waals surface area contributed by atoms with E-state index in [0.29, 0.717) is 22.8 Å². The highest BCUT2D eigenvalue weighted by molar-refractivity contribution is 7.92. The van der Waals surface area contributed by atoms with E-state index >= 15 is 0 Å². The zero-order chi connectivity index (χ0) is 17.7. The molecule has 0 bridgehead atoms. The quantitative estimate of drug-likeness (QED) is 0.791. The van der Waals surface area contributed by atoms with Crippen molar-refractivity contribution < 1.29 is 23.0 Å². The molecule has 0 aliphatic carbocycles. The fourth-order valence-corrected chi connectivity index (χ4v) is 2.82. The molecule has 0 aliphatic rings. The summed E-state index contributed by atoms with van der Waals surface area (Å²) in [4.78, 5) is 8.06. The molecule has 0 saturated carbocycles. The number of sulfonamides is 1. The van der Waals surface area contributed by atoms with Crippen molar-refractivity contribution in [1.82, 2.24) is 9.97 Å². The first-order valence-corrected chi connectivity index (χ1v) is 8.85. The van der Waals surface area contributed by atoms with Crippen LogP contribution in [0.25, 0.3) is 0 Å². The maximum atomic E-state index is 12.2. The van der Waals surface area contributed by atoms with E-state index in [-0.39, 0.29) is 19.1 Å². The fourth-order valence-electron chi connectivity index (χ4n) is 2.07. The van der Waals surface area contributed by atoms with Crippen molar-refractivity contribution in [2.24, 2.45) is 0 Å². The van der Waals surface area contributed by atoms with Crippen molar-refractivity contribution in [1.29, 1.82) is 0 Å². The van der Waals surface area contributed by atoms with Crippen LogP contribution in [0.2, 0.25) is 0 Å². The number of rotatable bonds is 7. The third-order valence-electron chi connectivity index (χ3n) is 3.29. The van der Waals surface area contributed by atoms with E-state index in [1.54, 1.807) is 18.2 Å². The minimum Gasteiger partial charge on any atom is -0.497 e. The van der Waals surface area contributed by atoms with Crippen LogP contribution in [0.3, 0.4) is 0 Å². The first-order chi connectivity index (χ1) is 11.4. The molecule has 1 aromatic heterocycles. The molecule has 0 saturated heterocycles. The molecule has 0 unspecified atom stereocenters. The Kier molecular flexibility index (Phi) is 5.58. The lowest BCUT2D eigenvalue weighted by Gasteiger charge is -2.21. The third kappa shape index (κ3) is 4.12.